The molecule has 19 heavy (non-hydrogen) atoms. The average Bonchev–Trinajstić information content (AvgIpc) is 2.81. The Bertz CT molecular complexity index is 468. The third kappa shape index (κ3) is 2.98. The van der Waals surface area contributed by atoms with Crippen LogP contribution in [0.3, 0.4) is 0 Å². The van der Waals surface area contributed by atoms with Crippen LogP contribution in [0.4, 0.5) is 10.2 Å². The summed E-state index contributed by atoms with van der Waals surface area (Å²) in [4.78, 5) is 4.02. The van der Waals surface area contributed by atoms with Crippen molar-refractivity contribution in [2.75, 3.05) is 23.4 Å². The molecule has 0 aromatic carbocycles. The third-order valence-electron chi connectivity index (χ3n) is 3.71. The number of hydrogen-bond donors (Lipinski definition) is 1. The van der Waals surface area contributed by atoms with Crippen LogP contribution >= 0.6 is 23.4 Å². The van der Waals surface area contributed by atoms with Gasteiger partial charge in [-0.3, -0.25) is 0 Å². The summed E-state index contributed by atoms with van der Waals surface area (Å²) in [6.07, 6.45) is 4.36. The molecular formula is C13H16ClFN2OS. The van der Waals surface area contributed by atoms with E-state index in [2.05, 4.69) is 10.3 Å². The Hall–Kier alpha value is -0.520. The van der Waals surface area contributed by atoms with Crippen molar-refractivity contribution >= 4 is 29.2 Å². The van der Waals surface area contributed by atoms with Gasteiger partial charge in [0.05, 0.1) is 10.6 Å². The second-order valence-corrected chi connectivity index (χ2v) is 6.69. The molecule has 2 saturated heterocycles. The Morgan fingerprint density at radius 1 is 1.58 bits per heavy atom. The first-order chi connectivity index (χ1) is 9.17. The van der Waals surface area contributed by atoms with E-state index in [0.29, 0.717) is 5.02 Å². The van der Waals surface area contributed by atoms with E-state index in [4.69, 9.17) is 16.3 Å². The van der Waals surface area contributed by atoms with Crippen LogP contribution in [0.15, 0.2) is 12.3 Å². The maximum absolute atomic E-state index is 13.7. The first-order valence-corrected chi connectivity index (χ1v) is 7.99. The topological polar surface area (TPSA) is 34.2 Å². The van der Waals surface area contributed by atoms with Crippen LogP contribution in [0.25, 0.3) is 0 Å². The molecule has 0 radical (unpaired) electrons. The van der Waals surface area contributed by atoms with Crippen molar-refractivity contribution in [3.8, 4) is 0 Å². The third-order valence-corrected chi connectivity index (χ3v) is 5.14. The lowest BCUT2D eigenvalue weighted by atomic mass is 9.90. The van der Waals surface area contributed by atoms with Gasteiger partial charge < -0.3 is 10.1 Å². The SMILES string of the molecule is Fc1cc(Cl)cnc1N[C@H]1CCO[C@]2(CCSC2)C1. The first-order valence-electron chi connectivity index (χ1n) is 6.46. The van der Waals surface area contributed by atoms with E-state index in [1.165, 1.54) is 12.3 Å². The Morgan fingerprint density at radius 2 is 2.47 bits per heavy atom. The van der Waals surface area contributed by atoms with E-state index >= 15 is 0 Å². The predicted octanol–water partition coefficient (Wildman–Crippen LogP) is 3.34. The lowest BCUT2D eigenvalue weighted by molar-refractivity contribution is -0.0628. The normalized spacial score (nSPS) is 30.7. The molecule has 1 spiro atoms. The highest BCUT2D eigenvalue weighted by Gasteiger charge is 2.40. The number of nitrogens with one attached hydrogen (secondary N) is 1. The number of nitrogens with zero attached hydrogens (tertiary/aromatic N) is 1. The molecular weight excluding hydrogens is 287 g/mol. The summed E-state index contributed by atoms with van der Waals surface area (Å²) in [7, 11) is 0. The molecule has 2 fully saturated rings. The Balaban J connectivity index is 1.69. The molecule has 2 atom stereocenters. The van der Waals surface area contributed by atoms with Crippen LogP contribution in [-0.4, -0.2) is 34.7 Å². The molecule has 0 aliphatic carbocycles. The predicted molar refractivity (Wildman–Crippen MR) is 76.5 cm³/mol. The van der Waals surface area contributed by atoms with E-state index in [9.17, 15) is 4.39 Å². The Morgan fingerprint density at radius 3 is 3.21 bits per heavy atom. The molecule has 0 unspecified atom stereocenters. The smallest absolute Gasteiger partial charge is 0.166 e. The zero-order valence-corrected chi connectivity index (χ0v) is 12.1. The monoisotopic (exact) mass is 302 g/mol. The lowest BCUT2D eigenvalue weighted by Gasteiger charge is -2.38. The number of halogens is 2. The lowest BCUT2D eigenvalue weighted by Crippen LogP contribution is -2.44. The van der Waals surface area contributed by atoms with Gasteiger partial charge >= 0.3 is 0 Å². The molecule has 3 nitrogen and oxygen atoms in total. The van der Waals surface area contributed by atoms with Gasteiger partial charge in [-0.05, 0) is 31.1 Å². The molecule has 1 aromatic rings. The molecule has 1 N–H and O–H groups in total. The standard InChI is InChI=1S/C13H16ClFN2OS/c14-9-5-11(15)12(16-7-9)17-10-1-3-18-13(6-10)2-4-19-8-13/h5,7,10H,1-4,6,8H2,(H,16,17)/t10-,13+/m0/s1. The van der Waals surface area contributed by atoms with Gasteiger partial charge in [0.1, 0.15) is 0 Å². The van der Waals surface area contributed by atoms with Gasteiger partial charge in [-0.1, -0.05) is 11.6 Å². The molecule has 6 heteroatoms. The summed E-state index contributed by atoms with van der Waals surface area (Å²) >= 11 is 7.64. The summed E-state index contributed by atoms with van der Waals surface area (Å²) in [6.45, 7) is 0.730. The van der Waals surface area contributed by atoms with Crippen molar-refractivity contribution in [3.63, 3.8) is 0 Å². The number of thioether (sulfide) groups is 1. The van der Waals surface area contributed by atoms with E-state index in [-0.39, 0.29) is 17.5 Å². The van der Waals surface area contributed by atoms with E-state index in [0.717, 1.165) is 37.4 Å². The van der Waals surface area contributed by atoms with Gasteiger partial charge in [0.15, 0.2) is 11.6 Å². The minimum absolute atomic E-state index is 0.0104. The summed E-state index contributed by atoms with van der Waals surface area (Å²) in [5.74, 6) is 2.09. The Kier molecular flexibility index (Phi) is 3.87. The second kappa shape index (κ2) is 5.46. The highest BCUT2D eigenvalue weighted by Crippen LogP contribution is 2.39. The van der Waals surface area contributed by atoms with Crippen molar-refractivity contribution in [3.05, 3.63) is 23.1 Å². The molecule has 104 valence electrons. The quantitative estimate of drug-likeness (QED) is 0.908. The van der Waals surface area contributed by atoms with Crippen LogP contribution in [0.2, 0.25) is 5.02 Å². The average molecular weight is 303 g/mol. The fourth-order valence-corrected chi connectivity index (χ4v) is 4.25. The fraction of sp³-hybridized carbons (Fsp3) is 0.615. The van der Waals surface area contributed by atoms with Crippen LogP contribution in [0.5, 0.6) is 0 Å². The van der Waals surface area contributed by atoms with Crippen LogP contribution in [0.1, 0.15) is 19.3 Å². The van der Waals surface area contributed by atoms with Gasteiger partial charge in [0.25, 0.3) is 0 Å². The molecule has 0 saturated carbocycles. The Labute approximate surface area is 121 Å². The van der Waals surface area contributed by atoms with E-state index < -0.39 is 5.82 Å². The molecule has 3 heterocycles. The molecule has 0 amide bonds. The fourth-order valence-electron chi connectivity index (χ4n) is 2.73. The zero-order valence-electron chi connectivity index (χ0n) is 10.5. The van der Waals surface area contributed by atoms with Gasteiger partial charge in [-0.2, -0.15) is 11.8 Å². The van der Waals surface area contributed by atoms with Gasteiger partial charge in [-0.15, -0.1) is 0 Å². The van der Waals surface area contributed by atoms with Crippen molar-refractivity contribution < 1.29 is 9.13 Å². The van der Waals surface area contributed by atoms with Crippen molar-refractivity contribution in [1.29, 1.82) is 0 Å². The number of hydrogen-bond acceptors (Lipinski definition) is 4. The molecule has 0 bridgehead atoms. The van der Waals surface area contributed by atoms with Crippen LogP contribution in [0, 0.1) is 5.82 Å². The minimum Gasteiger partial charge on any atom is -0.374 e. The summed E-state index contributed by atoms with van der Waals surface area (Å²) < 4.78 is 19.7. The van der Waals surface area contributed by atoms with E-state index in [1.807, 2.05) is 11.8 Å². The maximum Gasteiger partial charge on any atom is 0.166 e. The largest absolute Gasteiger partial charge is 0.374 e. The van der Waals surface area contributed by atoms with Crippen molar-refractivity contribution in [2.45, 2.75) is 30.9 Å². The van der Waals surface area contributed by atoms with Crippen LogP contribution in [-0.2, 0) is 4.74 Å². The summed E-state index contributed by atoms with van der Waals surface area (Å²) in [5, 5.41) is 3.51. The number of rotatable bonds is 2. The zero-order chi connectivity index (χ0) is 13.3. The first kappa shape index (κ1) is 13.5. The number of anilines is 1. The summed E-state index contributed by atoms with van der Waals surface area (Å²) in [6, 6.07) is 1.51. The molecule has 2 aliphatic rings. The highest BCUT2D eigenvalue weighted by atomic mass is 35.5. The molecule has 1 aromatic heterocycles. The second-order valence-electron chi connectivity index (χ2n) is 5.15. The van der Waals surface area contributed by atoms with Gasteiger partial charge in [0, 0.05) is 24.6 Å². The van der Waals surface area contributed by atoms with Crippen molar-refractivity contribution in [1.82, 2.24) is 4.98 Å². The summed E-state index contributed by atoms with van der Waals surface area (Å²) in [5.41, 5.74) is -0.0104. The molecule has 3 rings (SSSR count). The maximum atomic E-state index is 13.7. The molecule has 2 aliphatic heterocycles. The van der Waals surface area contributed by atoms with E-state index in [1.54, 1.807) is 0 Å². The van der Waals surface area contributed by atoms with Crippen molar-refractivity contribution in [2.24, 2.45) is 0 Å². The number of pyridine rings is 1. The number of ether oxygens (including phenoxy) is 1. The number of aromatic nitrogens is 1. The van der Waals surface area contributed by atoms with Gasteiger partial charge in [-0.25, -0.2) is 9.37 Å². The highest BCUT2D eigenvalue weighted by molar-refractivity contribution is 7.99. The van der Waals surface area contributed by atoms with Crippen LogP contribution < -0.4 is 5.32 Å². The minimum atomic E-state index is -0.395. The van der Waals surface area contributed by atoms with Gasteiger partial charge in [0.2, 0.25) is 0 Å².